The van der Waals surface area contributed by atoms with Gasteiger partial charge >= 0.3 is 0 Å². The van der Waals surface area contributed by atoms with Crippen LogP contribution in [0.15, 0.2) is 22.8 Å². The van der Waals surface area contributed by atoms with Gasteiger partial charge in [-0.05, 0) is 32.0 Å². The van der Waals surface area contributed by atoms with E-state index in [0.717, 1.165) is 38.2 Å². The topological polar surface area (TPSA) is 45.8 Å². The first kappa shape index (κ1) is 12.6. The Kier molecular flexibility index (Phi) is 4.59. The number of aliphatic hydroxyl groups excluding tert-OH is 1. The molecule has 2 heterocycles. The van der Waals surface area contributed by atoms with E-state index in [1.54, 1.807) is 6.26 Å². The zero-order chi connectivity index (χ0) is 12.1. The molecule has 0 saturated carbocycles. The fraction of sp³-hybridized carbons (Fsp3) is 0.692. The summed E-state index contributed by atoms with van der Waals surface area (Å²) < 4.78 is 10.8. The predicted molar refractivity (Wildman–Crippen MR) is 64.9 cm³/mol. The SMILES string of the molecule is CCO[C@@H]1CN(CCCc2ccco2)C[C@H]1O. The summed E-state index contributed by atoms with van der Waals surface area (Å²) in [4.78, 5) is 2.26. The zero-order valence-corrected chi connectivity index (χ0v) is 10.3. The van der Waals surface area contributed by atoms with Crippen molar-refractivity contribution in [2.45, 2.75) is 32.0 Å². The van der Waals surface area contributed by atoms with E-state index in [-0.39, 0.29) is 12.2 Å². The first-order chi connectivity index (χ1) is 8.29. The van der Waals surface area contributed by atoms with Gasteiger partial charge in [0, 0.05) is 26.1 Å². The molecular weight excluding hydrogens is 218 g/mol. The molecule has 17 heavy (non-hydrogen) atoms. The zero-order valence-electron chi connectivity index (χ0n) is 10.3. The van der Waals surface area contributed by atoms with Crippen molar-refractivity contribution in [1.29, 1.82) is 0 Å². The third-order valence-electron chi connectivity index (χ3n) is 3.17. The van der Waals surface area contributed by atoms with Gasteiger partial charge in [0.2, 0.25) is 0 Å². The highest BCUT2D eigenvalue weighted by molar-refractivity contribution is 4.98. The van der Waals surface area contributed by atoms with Crippen molar-refractivity contribution < 1.29 is 14.3 Å². The van der Waals surface area contributed by atoms with Crippen LogP contribution in [0.2, 0.25) is 0 Å². The van der Waals surface area contributed by atoms with Crippen molar-refractivity contribution in [3.05, 3.63) is 24.2 Å². The molecule has 0 bridgehead atoms. The molecule has 4 heteroatoms. The van der Waals surface area contributed by atoms with E-state index in [2.05, 4.69) is 4.90 Å². The molecule has 1 fully saturated rings. The van der Waals surface area contributed by atoms with Crippen molar-refractivity contribution in [1.82, 2.24) is 4.90 Å². The highest BCUT2D eigenvalue weighted by Gasteiger charge is 2.31. The Morgan fingerprint density at radius 2 is 2.41 bits per heavy atom. The summed E-state index contributed by atoms with van der Waals surface area (Å²) in [5.74, 6) is 1.03. The Morgan fingerprint density at radius 1 is 1.53 bits per heavy atom. The van der Waals surface area contributed by atoms with Crippen LogP contribution in [-0.2, 0) is 11.2 Å². The number of ether oxygens (including phenoxy) is 1. The normalized spacial score (nSPS) is 25.5. The second kappa shape index (κ2) is 6.19. The molecule has 1 aromatic rings. The van der Waals surface area contributed by atoms with Gasteiger partial charge in [-0.3, -0.25) is 4.90 Å². The van der Waals surface area contributed by atoms with Crippen molar-refractivity contribution in [2.75, 3.05) is 26.2 Å². The van der Waals surface area contributed by atoms with Gasteiger partial charge in [0.15, 0.2) is 0 Å². The summed E-state index contributed by atoms with van der Waals surface area (Å²) in [6, 6.07) is 3.92. The number of aryl methyl sites for hydroxylation is 1. The molecule has 0 radical (unpaired) electrons. The molecule has 1 saturated heterocycles. The molecule has 1 aliphatic heterocycles. The molecule has 2 rings (SSSR count). The van der Waals surface area contributed by atoms with Crippen LogP contribution in [0, 0.1) is 0 Å². The lowest BCUT2D eigenvalue weighted by atomic mass is 10.2. The predicted octanol–water partition coefficient (Wildman–Crippen LogP) is 1.29. The Morgan fingerprint density at radius 3 is 3.12 bits per heavy atom. The van der Waals surface area contributed by atoms with Gasteiger partial charge in [-0.1, -0.05) is 0 Å². The first-order valence-electron chi connectivity index (χ1n) is 6.34. The van der Waals surface area contributed by atoms with Crippen molar-refractivity contribution in [2.24, 2.45) is 0 Å². The lowest BCUT2D eigenvalue weighted by Gasteiger charge is -2.14. The quantitative estimate of drug-likeness (QED) is 0.812. The molecule has 0 aromatic carbocycles. The molecule has 0 amide bonds. The maximum atomic E-state index is 9.79. The third-order valence-corrected chi connectivity index (χ3v) is 3.17. The standard InChI is InChI=1S/C13H21NO3/c1-2-16-13-10-14(9-12(13)15)7-3-5-11-6-4-8-17-11/h4,6,8,12-13,15H,2-3,5,7,9-10H2,1H3/t12-,13-/m1/s1. The van der Waals surface area contributed by atoms with Gasteiger partial charge in [0.25, 0.3) is 0 Å². The van der Waals surface area contributed by atoms with E-state index in [1.807, 2.05) is 19.1 Å². The molecular formula is C13H21NO3. The number of nitrogens with zero attached hydrogens (tertiary/aromatic N) is 1. The largest absolute Gasteiger partial charge is 0.469 e. The van der Waals surface area contributed by atoms with Gasteiger partial charge in [0.1, 0.15) is 5.76 Å². The van der Waals surface area contributed by atoms with Gasteiger partial charge < -0.3 is 14.3 Å². The second-order valence-corrected chi connectivity index (χ2v) is 4.50. The first-order valence-corrected chi connectivity index (χ1v) is 6.34. The van der Waals surface area contributed by atoms with Crippen LogP contribution < -0.4 is 0 Å². The lowest BCUT2D eigenvalue weighted by Crippen LogP contribution is -2.26. The molecule has 2 atom stereocenters. The van der Waals surface area contributed by atoms with Gasteiger partial charge in [-0.15, -0.1) is 0 Å². The number of likely N-dealkylation sites (tertiary alicyclic amines) is 1. The van der Waals surface area contributed by atoms with Crippen molar-refractivity contribution in [3.63, 3.8) is 0 Å². The summed E-state index contributed by atoms with van der Waals surface area (Å²) in [6.07, 6.45) is 3.38. The van der Waals surface area contributed by atoms with Crippen LogP contribution in [-0.4, -0.2) is 48.5 Å². The van der Waals surface area contributed by atoms with E-state index in [0.29, 0.717) is 6.61 Å². The summed E-state index contributed by atoms with van der Waals surface area (Å²) in [7, 11) is 0. The third kappa shape index (κ3) is 3.56. The van der Waals surface area contributed by atoms with E-state index in [4.69, 9.17) is 9.15 Å². The summed E-state index contributed by atoms with van der Waals surface area (Å²) in [6.45, 7) is 5.19. The van der Waals surface area contributed by atoms with E-state index in [9.17, 15) is 5.11 Å². The highest BCUT2D eigenvalue weighted by Crippen LogP contribution is 2.14. The minimum atomic E-state index is -0.335. The Bertz CT molecular complexity index is 312. The number of rotatable bonds is 6. The molecule has 4 nitrogen and oxygen atoms in total. The minimum absolute atomic E-state index is 0.0105. The number of aliphatic hydroxyl groups is 1. The van der Waals surface area contributed by atoms with E-state index in [1.165, 1.54) is 0 Å². The van der Waals surface area contributed by atoms with Crippen LogP contribution in [0.1, 0.15) is 19.1 Å². The minimum Gasteiger partial charge on any atom is -0.469 e. The lowest BCUT2D eigenvalue weighted by molar-refractivity contribution is -0.00242. The maximum Gasteiger partial charge on any atom is 0.103 e. The van der Waals surface area contributed by atoms with E-state index < -0.39 is 0 Å². The molecule has 0 aliphatic carbocycles. The fourth-order valence-electron chi connectivity index (χ4n) is 2.32. The second-order valence-electron chi connectivity index (χ2n) is 4.50. The summed E-state index contributed by atoms with van der Waals surface area (Å²) in [5.41, 5.74) is 0. The molecule has 1 aromatic heterocycles. The average Bonchev–Trinajstić information content (AvgIpc) is 2.91. The van der Waals surface area contributed by atoms with Crippen LogP contribution >= 0.6 is 0 Å². The molecule has 1 aliphatic rings. The van der Waals surface area contributed by atoms with Crippen LogP contribution in [0.3, 0.4) is 0 Å². The van der Waals surface area contributed by atoms with E-state index >= 15 is 0 Å². The maximum absolute atomic E-state index is 9.79. The number of β-amino-alcohol motifs (C(OH)–C–C–N with tert-alkyl or cyclic N) is 1. The average molecular weight is 239 g/mol. The molecule has 0 unspecified atom stereocenters. The smallest absolute Gasteiger partial charge is 0.103 e. The van der Waals surface area contributed by atoms with Crippen molar-refractivity contribution >= 4 is 0 Å². The van der Waals surface area contributed by atoms with Crippen LogP contribution in [0.4, 0.5) is 0 Å². The van der Waals surface area contributed by atoms with Crippen LogP contribution in [0.5, 0.6) is 0 Å². The highest BCUT2D eigenvalue weighted by atomic mass is 16.5. The Hall–Kier alpha value is -0.840. The summed E-state index contributed by atoms with van der Waals surface area (Å²) >= 11 is 0. The monoisotopic (exact) mass is 239 g/mol. The number of hydrogen-bond donors (Lipinski definition) is 1. The number of hydrogen-bond acceptors (Lipinski definition) is 4. The summed E-state index contributed by atoms with van der Waals surface area (Å²) in [5, 5.41) is 9.79. The number of furan rings is 1. The van der Waals surface area contributed by atoms with Gasteiger partial charge in [-0.2, -0.15) is 0 Å². The van der Waals surface area contributed by atoms with Gasteiger partial charge in [-0.25, -0.2) is 0 Å². The Balaban J connectivity index is 1.67. The Labute approximate surface area is 102 Å². The molecule has 0 spiro atoms. The van der Waals surface area contributed by atoms with Gasteiger partial charge in [0.05, 0.1) is 18.5 Å². The molecule has 1 N–H and O–H groups in total. The fourth-order valence-corrected chi connectivity index (χ4v) is 2.32. The van der Waals surface area contributed by atoms with Crippen LogP contribution in [0.25, 0.3) is 0 Å². The molecule has 96 valence electrons. The van der Waals surface area contributed by atoms with Crippen molar-refractivity contribution in [3.8, 4) is 0 Å².